The molecule has 1 aromatic carbocycles. The van der Waals surface area contributed by atoms with Crippen LogP contribution in [0.25, 0.3) is 0 Å². The molecule has 0 aliphatic carbocycles. The molecule has 0 saturated carbocycles. The molecule has 2 aromatic rings. The maximum Gasteiger partial charge on any atom is 0.573 e. The Labute approximate surface area is 144 Å². The summed E-state index contributed by atoms with van der Waals surface area (Å²) in [5.41, 5.74) is -0.217. The molecule has 0 radical (unpaired) electrons. The number of hydrogen-bond acceptors (Lipinski definition) is 5. The smallest absolute Gasteiger partial charge is 0.478 e. The second kappa shape index (κ2) is 7.88. The Morgan fingerprint density at radius 1 is 1.20 bits per heavy atom. The number of aromatic nitrogens is 1. The van der Waals surface area contributed by atoms with Gasteiger partial charge in [0.2, 0.25) is 5.91 Å². The highest BCUT2D eigenvalue weighted by Gasteiger charge is 2.32. The lowest BCUT2D eigenvalue weighted by Crippen LogP contribution is -2.20. The third-order valence-electron chi connectivity index (χ3n) is 2.73. The topological polar surface area (TPSA) is 88.5 Å². The number of nitrogens with zero attached hydrogens (tertiary/aromatic N) is 1. The Bertz CT molecular complexity index is 783. The first-order chi connectivity index (χ1) is 11.8. The molecule has 25 heavy (non-hydrogen) atoms. The number of hydrogen-bond donors (Lipinski definition) is 2. The first-order valence-electron chi connectivity index (χ1n) is 6.72. The number of aromatic carboxylic acids is 1. The molecule has 2 N–H and O–H groups in total. The maximum atomic E-state index is 12.3. The van der Waals surface area contributed by atoms with E-state index >= 15 is 0 Å². The highest BCUT2D eigenvalue weighted by molar-refractivity contribution is 8.00. The van der Waals surface area contributed by atoms with E-state index in [1.807, 2.05) is 0 Å². The number of alkyl halides is 3. The number of amides is 1. The standard InChI is InChI=1S/C15H11F3N2O4S/c16-15(17,18)24-11-6-2-1-5-10(11)20-12(21)8-25-13-9(14(22)23)4-3-7-19-13/h1-7H,8H2,(H,20,21)(H,22,23). The van der Waals surface area contributed by atoms with Gasteiger partial charge in [0.25, 0.3) is 0 Å². The Kier molecular flexibility index (Phi) is 5.86. The number of halogens is 3. The molecule has 10 heteroatoms. The number of benzene rings is 1. The van der Waals surface area contributed by atoms with Gasteiger partial charge in [-0.2, -0.15) is 0 Å². The van der Waals surface area contributed by atoms with E-state index in [0.717, 1.165) is 17.8 Å². The molecule has 1 amide bonds. The van der Waals surface area contributed by atoms with Crippen molar-refractivity contribution in [2.75, 3.05) is 11.1 Å². The first kappa shape index (κ1) is 18.6. The number of pyridine rings is 1. The van der Waals surface area contributed by atoms with Crippen molar-refractivity contribution in [3.8, 4) is 5.75 Å². The van der Waals surface area contributed by atoms with Crippen LogP contribution in [0.15, 0.2) is 47.6 Å². The lowest BCUT2D eigenvalue weighted by molar-refractivity contribution is -0.274. The largest absolute Gasteiger partial charge is 0.573 e. The average Bonchev–Trinajstić information content (AvgIpc) is 2.53. The molecular formula is C15H11F3N2O4S. The summed E-state index contributed by atoms with van der Waals surface area (Å²) in [7, 11) is 0. The molecule has 0 aliphatic rings. The van der Waals surface area contributed by atoms with Gasteiger partial charge in [0.05, 0.1) is 17.0 Å². The molecule has 0 bridgehead atoms. The number of para-hydroxylation sites is 2. The number of nitrogens with one attached hydrogen (secondary N) is 1. The number of ether oxygens (including phenoxy) is 1. The zero-order valence-corrected chi connectivity index (χ0v) is 13.2. The number of rotatable bonds is 6. The molecule has 132 valence electrons. The molecule has 6 nitrogen and oxygen atoms in total. The van der Waals surface area contributed by atoms with Crippen LogP contribution in [0.4, 0.5) is 18.9 Å². The van der Waals surface area contributed by atoms with E-state index in [0.29, 0.717) is 0 Å². The first-order valence-corrected chi connectivity index (χ1v) is 7.70. The second-order valence-corrected chi connectivity index (χ2v) is 5.51. The molecule has 0 aliphatic heterocycles. The quantitative estimate of drug-likeness (QED) is 0.756. The van der Waals surface area contributed by atoms with Gasteiger partial charge < -0.3 is 15.2 Å². The van der Waals surface area contributed by atoms with Crippen molar-refractivity contribution < 1.29 is 32.6 Å². The lowest BCUT2D eigenvalue weighted by atomic mass is 10.3. The van der Waals surface area contributed by atoms with Crippen LogP contribution in [-0.2, 0) is 4.79 Å². The SMILES string of the molecule is O=C(CSc1ncccc1C(=O)O)Nc1ccccc1OC(F)(F)F. The van der Waals surface area contributed by atoms with Gasteiger partial charge >= 0.3 is 12.3 Å². The van der Waals surface area contributed by atoms with Crippen LogP contribution in [-0.4, -0.2) is 34.1 Å². The minimum Gasteiger partial charge on any atom is -0.478 e. The van der Waals surface area contributed by atoms with Gasteiger partial charge in [0, 0.05) is 6.20 Å². The van der Waals surface area contributed by atoms with Gasteiger partial charge in [-0.15, -0.1) is 13.2 Å². The van der Waals surface area contributed by atoms with Crippen molar-refractivity contribution in [2.45, 2.75) is 11.4 Å². The lowest BCUT2D eigenvalue weighted by Gasteiger charge is -2.13. The van der Waals surface area contributed by atoms with Gasteiger partial charge in [-0.05, 0) is 24.3 Å². The van der Waals surface area contributed by atoms with E-state index < -0.39 is 24.0 Å². The molecule has 0 unspecified atom stereocenters. The Morgan fingerprint density at radius 2 is 1.92 bits per heavy atom. The summed E-state index contributed by atoms with van der Waals surface area (Å²) in [6.45, 7) is 0. The van der Waals surface area contributed by atoms with Crippen molar-refractivity contribution in [3.63, 3.8) is 0 Å². The van der Waals surface area contributed by atoms with Gasteiger partial charge in [-0.1, -0.05) is 23.9 Å². The normalized spacial score (nSPS) is 11.0. The van der Waals surface area contributed by atoms with E-state index in [-0.39, 0.29) is 22.0 Å². The summed E-state index contributed by atoms with van der Waals surface area (Å²) in [6.07, 6.45) is -3.51. The fourth-order valence-electron chi connectivity index (χ4n) is 1.77. The van der Waals surface area contributed by atoms with E-state index in [9.17, 15) is 22.8 Å². The number of carboxylic acids is 1. The summed E-state index contributed by atoms with van der Waals surface area (Å²) < 4.78 is 40.9. The Morgan fingerprint density at radius 3 is 2.60 bits per heavy atom. The van der Waals surface area contributed by atoms with E-state index in [2.05, 4.69) is 15.0 Å². The fourth-order valence-corrected chi connectivity index (χ4v) is 2.56. The van der Waals surface area contributed by atoms with E-state index in [4.69, 9.17) is 5.11 Å². The monoisotopic (exact) mass is 372 g/mol. The van der Waals surface area contributed by atoms with Crippen molar-refractivity contribution in [1.29, 1.82) is 0 Å². The minimum atomic E-state index is -4.89. The van der Waals surface area contributed by atoms with Crippen LogP contribution in [0.2, 0.25) is 0 Å². The summed E-state index contributed by atoms with van der Waals surface area (Å²) in [4.78, 5) is 26.9. The highest BCUT2D eigenvalue weighted by atomic mass is 32.2. The predicted octanol–water partition coefficient (Wildman–Crippen LogP) is 3.41. The zero-order valence-electron chi connectivity index (χ0n) is 12.4. The number of anilines is 1. The molecule has 0 fully saturated rings. The molecule has 0 saturated heterocycles. The number of carbonyl (C=O) groups excluding carboxylic acids is 1. The molecule has 0 atom stereocenters. The zero-order chi connectivity index (χ0) is 18.4. The number of carbonyl (C=O) groups is 2. The van der Waals surface area contributed by atoms with Crippen LogP contribution < -0.4 is 10.1 Å². The Balaban J connectivity index is 2.03. The number of thioether (sulfide) groups is 1. The van der Waals surface area contributed by atoms with Crippen LogP contribution in [0.5, 0.6) is 5.75 Å². The highest BCUT2D eigenvalue weighted by Crippen LogP contribution is 2.30. The average molecular weight is 372 g/mol. The van der Waals surface area contributed by atoms with Crippen molar-refractivity contribution >= 4 is 29.3 Å². The summed E-state index contributed by atoms with van der Waals surface area (Å²) >= 11 is 0.855. The maximum absolute atomic E-state index is 12.3. The van der Waals surface area contributed by atoms with Crippen LogP contribution in [0.3, 0.4) is 0 Å². The molecule has 1 heterocycles. The number of carboxylic acid groups (broad SMARTS) is 1. The summed E-state index contributed by atoms with van der Waals surface area (Å²) in [5.74, 6) is -2.61. The van der Waals surface area contributed by atoms with Gasteiger partial charge in [0.15, 0.2) is 5.75 Å². The summed E-state index contributed by atoms with van der Waals surface area (Å²) in [6, 6.07) is 7.87. The van der Waals surface area contributed by atoms with E-state index in [1.54, 1.807) is 0 Å². The van der Waals surface area contributed by atoms with Crippen LogP contribution in [0, 0.1) is 0 Å². The van der Waals surface area contributed by atoms with Crippen molar-refractivity contribution in [3.05, 3.63) is 48.2 Å². The van der Waals surface area contributed by atoms with Crippen molar-refractivity contribution in [1.82, 2.24) is 4.98 Å². The van der Waals surface area contributed by atoms with Crippen LogP contribution >= 0.6 is 11.8 Å². The Hall–Kier alpha value is -2.75. The predicted molar refractivity (Wildman–Crippen MR) is 83.7 cm³/mol. The third kappa shape index (κ3) is 5.68. The second-order valence-electron chi connectivity index (χ2n) is 4.54. The minimum absolute atomic E-state index is 0.0684. The molecular weight excluding hydrogens is 361 g/mol. The van der Waals surface area contributed by atoms with Gasteiger partial charge in [-0.25, -0.2) is 9.78 Å². The van der Waals surface area contributed by atoms with Gasteiger partial charge in [-0.3, -0.25) is 4.79 Å². The van der Waals surface area contributed by atoms with Crippen molar-refractivity contribution in [2.24, 2.45) is 0 Å². The summed E-state index contributed by atoms with van der Waals surface area (Å²) in [5, 5.41) is 11.5. The van der Waals surface area contributed by atoms with E-state index in [1.165, 1.54) is 36.5 Å². The molecule has 2 rings (SSSR count). The third-order valence-corrected chi connectivity index (χ3v) is 3.73. The fraction of sp³-hybridized carbons (Fsp3) is 0.133. The van der Waals surface area contributed by atoms with Gasteiger partial charge in [0.1, 0.15) is 5.03 Å². The molecule has 0 spiro atoms. The molecule has 1 aromatic heterocycles. The van der Waals surface area contributed by atoms with Crippen LogP contribution in [0.1, 0.15) is 10.4 Å².